The molecule has 4 heteroatoms. The van der Waals surface area contributed by atoms with Gasteiger partial charge in [0.25, 0.3) is 0 Å². The van der Waals surface area contributed by atoms with E-state index in [4.69, 9.17) is 9.84 Å². The predicted molar refractivity (Wildman–Crippen MR) is 179 cm³/mol. The number of ether oxygens (including phenoxy) is 1. The van der Waals surface area contributed by atoms with Crippen molar-refractivity contribution in [1.82, 2.24) is 0 Å². The predicted octanol–water partition coefficient (Wildman–Crippen LogP) is 12.8. The molecule has 0 aliphatic carbocycles. The van der Waals surface area contributed by atoms with E-state index >= 15 is 0 Å². The highest BCUT2D eigenvalue weighted by molar-refractivity contribution is 5.69. The Morgan fingerprint density at radius 2 is 0.683 bits per heavy atom. The number of hydrogen-bond donors (Lipinski definition) is 1. The molecule has 0 bridgehead atoms. The molecule has 0 fully saturated rings. The fraction of sp³-hybridized carbons (Fsp3) is 0.946. The summed E-state index contributed by atoms with van der Waals surface area (Å²) in [5.41, 5.74) is 0. The van der Waals surface area contributed by atoms with Crippen molar-refractivity contribution in [3.05, 3.63) is 0 Å². The summed E-state index contributed by atoms with van der Waals surface area (Å²) < 4.78 is 5.12. The highest BCUT2D eigenvalue weighted by Gasteiger charge is 2.04. The van der Waals surface area contributed by atoms with Gasteiger partial charge in [0.15, 0.2) is 0 Å². The lowest BCUT2D eigenvalue weighted by Gasteiger charge is -2.07. The van der Waals surface area contributed by atoms with E-state index in [0.717, 1.165) is 19.3 Å². The van der Waals surface area contributed by atoms with Gasteiger partial charge in [-0.1, -0.05) is 181 Å². The summed E-state index contributed by atoms with van der Waals surface area (Å²) in [7, 11) is 0. The Bertz CT molecular complexity index is 517. The van der Waals surface area contributed by atoms with Crippen molar-refractivity contribution in [3.63, 3.8) is 0 Å². The van der Waals surface area contributed by atoms with Crippen LogP contribution in [0.25, 0.3) is 0 Å². The first-order valence-corrected chi connectivity index (χ1v) is 18.3. The lowest BCUT2D eigenvalue weighted by Crippen LogP contribution is -2.10. The van der Waals surface area contributed by atoms with Crippen molar-refractivity contribution in [2.45, 2.75) is 226 Å². The molecule has 0 aromatic heterocycles. The average molecular weight is 583 g/mol. The van der Waals surface area contributed by atoms with Crippen LogP contribution in [0.3, 0.4) is 0 Å². The third-order valence-corrected chi connectivity index (χ3v) is 7.85. The molecule has 0 saturated heterocycles. The molecular weight excluding hydrogens is 508 g/mol. The zero-order chi connectivity index (χ0) is 30.7. The molecule has 0 atom stereocenters. The number of aliphatic carboxylic acids is 1. The number of esters is 1. The molecule has 41 heavy (non-hydrogen) atoms. The van der Waals surface area contributed by atoms with Crippen molar-refractivity contribution >= 4 is 11.9 Å². The van der Waals surface area contributed by atoms with Crippen LogP contribution in [0.5, 0.6) is 0 Å². The van der Waals surface area contributed by atoms with Crippen molar-refractivity contribution in [2.75, 3.05) is 0 Å². The second-order valence-corrected chi connectivity index (χ2v) is 12.6. The molecule has 246 valence electrons. The Morgan fingerprint density at radius 1 is 0.439 bits per heavy atom. The van der Waals surface area contributed by atoms with E-state index in [9.17, 15) is 9.59 Å². The summed E-state index contributed by atoms with van der Waals surface area (Å²) >= 11 is 0. The molecule has 4 nitrogen and oxygen atoms in total. The van der Waals surface area contributed by atoms with Crippen LogP contribution in [-0.2, 0) is 14.3 Å². The van der Waals surface area contributed by atoms with Crippen molar-refractivity contribution in [2.24, 2.45) is 0 Å². The molecule has 0 amide bonds. The van der Waals surface area contributed by atoms with Crippen molar-refractivity contribution in [1.29, 1.82) is 0 Å². The quantitative estimate of drug-likeness (QED) is 0.0652. The van der Waals surface area contributed by atoms with E-state index in [0.29, 0.717) is 12.8 Å². The van der Waals surface area contributed by atoms with Crippen LogP contribution in [0, 0.1) is 0 Å². The van der Waals surface area contributed by atoms with Gasteiger partial charge < -0.3 is 9.84 Å². The highest BCUT2D eigenvalue weighted by atomic mass is 16.5. The van der Waals surface area contributed by atoms with Crippen LogP contribution in [0.4, 0.5) is 0 Å². The van der Waals surface area contributed by atoms with Crippen molar-refractivity contribution < 1.29 is 19.4 Å². The maximum Gasteiger partial charge on any atom is 0.306 e. The lowest BCUT2D eigenvalue weighted by atomic mass is 10.0. The number of carbonyl (C=O) groups is 2. The Balaban J connectivity index is 0. The van der Waals surface area contributed by atoms with E-state index in [2.05, 4.69) is 13.8 Å². The van der Waals surface area contributed by atoms with Crippen molar-refractivity contribution in [3.8, 4) is 0 Å². The second kappa shape index (κ2) is 37.0. The summed E-state index contributed by atoms with van der Waals surface area (Å²) in [5, 5.41) is 8.52. The number of unbranched alkanes of at least 4 members (excludes halogenated alkanes) is 26. The summed E-state index contributed by atoms with van der Waals surface area (Å²) in [4.78, 5) is 21.7. The fourth-order valence-corrected chi connectivity index (χ4v) is 5.26. The van der Waals surface area contributed by atoms with Crippen LogP contribution < -0.4 is 0 Å². The molecule has 0 rings (SSSR count). The minimum absolute atomic E-state index is 0.0273. The third-order valence-electron chi connectivity index (χ3n) is 7.85. The SMILES string of the molecule is CCCCCCCCCCCCCCCC(=O)OC(C)C.CCCCCCCCCCCCCCCCCC(=O)O. The van der Waals surface area contributed by atoms with Crippen LogP contribution in [0.2, 0.25) is 0 Å². The first-order chi connectivity index (χ1) is 19.9. The monoisotopic (exact) mass is 583 g/mol. The van der Waals surface area contributed by atoms with Gasteiger partial charge >= 0.3 is 11.9 Å². The minimum Gasteiger partial charge on any atom is -0.481 e. The van der Waals surface area contributed by atoms with Gasteiger partial charge in [-0.15, -0.1) is 0 Å². The van der Waals surface area contributed by atoms with Crippen LogP contribution in [0.1, 0.15) is 220 Å². The number of rotatable bonds is 31. The van der Waals surface area contributed by atoms with Crippen LogP contribution in [-0.4, -0.2) is 23.1 Å². The molecule has 0 unspecified atom stereocenters. The molecule has 0 saturated carbocycles. The normalized spacial score (nSPS) is 11.0. The number of carbonyl (C=O) groups excluding carboxylic acids is 1. The second-order valence-electron chi connectivity index (χ2n) is 12.6. The zero-order valence-corrected chi connectivity index (χ0v) is 28.5. The van der Waals surface area contributed by atoms with Gasteiger partial charge in [-0.25, -0.2) is 0 Å². The van der Waals surface area contributed by atoms with Gasteiger partial charge in [0, 0.05) is 12.8 Å². The van der Waals surface area contributed by atoms with Crippen LogP contribution in [0.15, 0.2) is 0 Å². The van der Waals surface area contributed by atoms with E-state index in [1.54, 1.807) is 0 Å². The number of carboxylic acid groups (broad SMARTS) is 1. The Labute approximate surface area is 257 Å². The number of hydrogen-bond acceptors (Lipinski definition) is 3. The van der Waals surface area contributed by atoms with Gasteiger partial charge in [-0.05, 0) is 26.7 Å². The summed E-state index contributed by atoms with van der Waals surface area (Å²) in [6, 6.07) is 0. The number of carboxylic acids is 1. The average Bonchev–Trinajstić information content (AvgIpc) is 2.93. The Kier molecular flexibility index (Phi) is 37.9. The summed E-state index contributed by atoms with van der Waals surface area (Å²) in [5.74, 6) is -0.687. The molecule has 0 aliphatic rings. The highest BCUT2D eigenvalue weighted by Crippen LogP contribution is 2.15. The minimum atomic E-state index is -0.653. The maximum absolute atomic E-state index is 11.3. The van der Waals surface area contributed by atoms with Gasteiger partial charge in [-0.3, -0.25) is 9.59 Å². The van der Waals surface area contributed by atoms with E-state index in [1.165, 1.54) is 161 Å². The van der Waals surface area contributed by atoms with Crippen LogP contribution >= 0.6 is 0 Å². The standard InChI is InChI=1S/C19H38O2.C18H36O2/c1-4-5-6-7-8-9-10-11-12-13-14-15-16-17-19(20)21-18(2)3;1-2-3-4-5-6-7-8-9-10-11-12-13-14-15-16-17-18(19)20/h18H,4-17H2,1-3H3;2-17H2,1H3,(H,19,20). The van der Waals surface area contributed by atoms with Gasteiger partial charge in [0.05, 0.1) is 6.10 Å². The van der Waals surface area contributed by atoms with Gasteiger partial charge in [0.2, 0.25) is 0 Å². The smallest absolute Gasteiger partial charge is 0.306 e. The maximum atomic E-state index is 11.3. The molecule has 0 aliphatic heterocycles. The lowest BCUT2D eigenvalue weighted by molar-refractivity contribution is -0.147. The van der Waals surface area contributed by atoms with E-state index in [1.807, 2.05) is 13.8 Å². The summed E-state index contributed by atoms with van der Waals surface area (Å²) in [6.45, 7) is 8.35. The summed E-state index contributed by atoms with van der Waals surface area (Å²) in [6.07, 6.45) is 38.2. The Morgan fingerprint density at radius 3 is 0.927 bits per heavy atom. The molecule has 0 spiro atoms. The topological polar surface area (TPSA) is 63.6 Å². The fourth-order valence-electron chi connectivity index (χ4n) is 5.26. The molecule has 1 N–H and O–H groups in total. The first-order valence-electron chi connectivity index (χ1n) is 18.3. The largest absolute Gasteiger partial charge is 0.481 e. The Hall–Kier alpha value is -1.06. The zero-order valence-electron chi connectivity index (χ0n) is 28.5. The molecule has 0 aromatic rings. The van der Waals surface area contributed by atoms with Gasteiger partial charge in [-0.2, -0.15) is 0 Å². The molecule has 0 radical (unpaired) electrons. The molecule has 0 aromatic carbocycles. The van der Waals surface area contributed by atoms with E-state index in [-0.39, 0.29) is 12.1 Å². The molecular formula is C37H74O4. The molecule has 0 heterocycles. The van der Waals surface area contributed by atoms with E-state index < -0.39 is 5.97 Å². The third kappa shape index (κ3) is 43.5. The first kappa shape index (κ1) is 42.1. The van der Waals surface area contributed by atoms with Gasteiger partial charge in [0.1, 0.15) is 0 Å².